The summed E-state index contributed by atoms with van der Waals surface area (Å²) >= 11 is 0. The van der Waals surface area contributed by atoms with Gasteiger partial charge in [0.2, 0.25) is 0 Å². The van der Waals surface area contributed by atoms with Crippen molar-refractivity contribution in [2.24, 2.45) is 0 Å². The lowest BCUT2D eigenvalue weighted by Crippen LogP contribution is -2.21. The van der Waals surface area contributed by atoms with Crippen LogP contribution in [0.2, 0.25) is 0 Å². The Hall–Kier alpha value is -3.75. The van der Waals surface area contributed by atoms with Gasteiger partial charge in [0.05, 0.1) is 24.0 Å². The number of carbonyl (C=O) groups excluding carboxylic acids is 2. The Bertz CT molecular complexity index is 911. The van der Waals surface area contributed by atoms with Gasteiger partial charge in [-0.2, -0.15) is 0 Å². The van der Waals surface area contributed by atoms with E-state index in [-0.39, 0.29) is 5.56 Å². The molecule has 0 aliphatic carbocycles. The zero-order valence-electron chi connectivity index (χ0n) is 13.8. The number of amides is 1. The molecule has 0 unspecified atom stereocenters. The number of rotatable bonds is 6. The van der Waals surface area contributed by atoms with E-state index >= 15 is 0 Å². The van der Waals surface area contributed by atoms with Crippen molar-refractivity contribution in [3.63, 3.8) is 0 Å². The Morgan fingerprint density at radius 1 is 1.15 bits per heavy atom. The molecule has 1 heterocycles. The molecule has 0 bridgehead atoms. The number of esters is 1. The van der Waals surface area contributed by atoms with E-state index in [1.807, 2.05) is 0 Å². The first kappa shape index (κ1) is 17.1. The molecule has 0 saturated carbocycles. The van der Waals surface area contributed by atoms with Crippen LogP contribution < -0.4 is 10.1 Å². The van der Waals surface area contributed by atoms with Crippen molar-refractivity contribution < 1.29 is 19.1 Å². The van der Waals surface area contributed by atoms with Crippen LogP contribution in [0.25, 0.3) is 5.69 Å². The topological polar surface area (TPSA) is 108 Å². The second kappa shape index (κ2) is 7.88. The van der Waals surface area contributed by atoms with Crippen LogP contribution in [0.4, 0.5) is 5.69 Å². The first-order valence-electron chi connectivity index (χ1n) is 7.61. The molecule has 1 N–H and O–H groups in total. The molecule has 26 heavy (non-hydrogen) atoms. The van der Waals surface area contributed by atoms with Crippen LogP contribution >= 0.6 is 0 Å². The van der Waals surface area contributed by atoms with Gasteiger partial charge in [0, 0.05) is 0 Å². The molecule has 9 nitrogen and oxygen atoms in total. The van der Waals surface area contributed by atoms with Gasteiger partial charge >= 0.3 is 5.97 Å². The second-order valence-electron chi connectivity index (χ2n) is 5.13. The van der Waals surface area contributed by atoms with Gasteiger partial charge in [0.15, 0.2) is 6.61 Å². The Balaban J connectivity index is 1.60. The third kappa shape index (κ3) is 4.01. The highest BCUT2D eigenvalue weighted by molar-refractivity contribution is 5.96. The first-order valence-corrected chi connectivity index (χ1v) is 7.61. The summed E-state index contributed by atoms with van der Waals surface area (Å²) in [5.41, 5.74) is 1.38. The number of hydrogen-bond donors (Lipinski definition) is 1. The van der Waals surface area contributed by atoms with Crippen LogP contribution in [0.5, 0.6) is 5.75 Å². The highest BCUT2D eigenvalue weighted by Gasteiger charge is 2.13. The number of carbonyl (C=O) groups is 2. The van der Waals surface area contributed by atoms with Crippen molar-refractivity contribution >= 4 is 17.6 Å². The van der Waals surface area contributed by atoms with Crippen molar-refractivity contribution in [3.8, 4) is 11.4 Å². The summed E-state index contributed by atoms with van der Waals surface area (Å²) in [6.07, 6.45) is 1.41. The minimum Gasteiger partial charge on any atom is -0.495 e. The minimum atomic E-state index is -0.630. The second-order valence-corrected chi connectivity index (χ2v) is 5.13. The summed E-state index contributed by atoms with van der Waals surface area (Å²) in [6.45, 7) is -0.425. The standard InChI is InChI=1S/C17H15N5O4/c1-25-15-8-3-2-7-14(15)19-16(23)10-26-17(24)12-5-4-6-13(9-12)22-11-18-20-21-22/h2-9,11H,10H2,1H3,(H,19,23). The molecule has 0 atom stereocenters. The fourth-order valence-electron chi connectivity index (χ4n) is 2.20. The first-order chi connectivity index (χ1) is 12.7. The van der Waals surface area contributed by atoms with Crippen molar-refractivity contribution in [1.82, 2.24) is 20.2 Å². The number of ether oxygens (including phenoxy) is 2. The summed E-state index contributed by atoms with van der Waals surface area (Å²) in [5, 5.41) is 13.5. The van der Waals surface area contributed by atoms with E-state index in [1.54, 1.807) is 48.5 Å². The lowest BCUT2D eigenvalue weighted by Gasteiger charge is -2.10. The van der Waals surface area contributed by atoms with Crippen LogP contribution in [-0.4, -0.2) is 45.8 Å². The highest BCUT2D eigenvalue weighted by Crippen LogP contribution is 2.22. The van der Waals surface area contributed by atoms with Gasteiger partial charge in [0.1, 0.15) is 12.1 Å². The quantitative estimate of drug-likeness (QED) is 0.668. The number of methoxy groups -OCH3 is 1. The summed E-state index contributed by atoms with van der Waals surface area (Å²) < 4.78 is 11.6. The van der Waals surface area contributed by atoms with E-state index in [0.29, 0.717) is 17.1 Å². The number of para-hydroxylation sites is 2. The molecule has 0 saturated heterocycles. The van der Waals surface area contributed by atoms with Crippen LogP contribution in [0, 0.1) is 0 Å². The highest BCUT2D eigenvalue weighted by atomic mass is 16.5. The van der Waals surface area contributed by atoms with Crippen molar-refractivity contribution in [2.75, 3.05) is 19.0 Å². The van der Waals surface area contributed by atoms with E-state index in [1.165, 1.54) is 18.1 Å². The Morgan fingerprint density at radius 2 is 2.00 bits per heavy atom. The maximum Gasteiger partial charge on any atom is 0.338 e. The molecule has 0 radical (unpaired) electrons. The zero-order chi connectivity index (χ0) is 18.4. The van der Waals surface area contributed by atoms with Crippen molar-refractivity contribution in [2.45, 2.75) is 0 Å². The Kier molecular flexibility index (Phi) is 5.18. The molecule has 0 fully saturated rings. The molecule has 3 rings (SSSR count). The van der Waals surface area contributed by atoms with E-state index in [9.17, 15) is 9.59 Å². The number of nitrogens with zero attached hydrogens (tertiary/aromatic N) is 4. The molecular formula is C17H15N5O4. The average molecular weight is 353 g/mol. The lowest BCUT2D eigenvalue weighted by atomic mass is 10.2. The molecule has 0 aliphatic heterocycles. The summed E-state index contributed by atoms with van der Waals surface area (Å²) in [5.74, 6) is -0.587. The van der Waals surface area contributed by atoms with Gasteiger partial charge < -0.3 is 14.8 Å². The summed E-state index contributed by atoms with van der Waals surface area (Å²) in [7, 11) is 1.50. The SMILES string of the molecule is COc1ccccc1NC(=O)COC(=O)c1cccc(-n2cnnn2)c1. The molecule has 3 aromatic rings. The third-order valence-electron chi connectivity index (χ3n) is 3.41. The fraction of sp³-hybridized carbons (Fsp3) is 0.118. The van der Waals surface area contributed by atoms with Crippen LogP contribution in [0.15, 0.2) is 54.9 Å². The van der Waals surface area contributed by atoms with E-state index in [4.69, 9.17) is 9.47 Å². The van der Waals surface area contributed by atoms with Crippen LogP contribution in [-0.2, 0) is 9.53 Å². The molecular weight excluding hydrogens is 338 g/mol. The van der Waals surface area contributed by atoms with Crippen LogP contribution in [0.3, 0.4) is 0 Å². The lowest BCUT2D eigenvalue weighted by molar-refractivity contribution is -0.119. The van der Waals surface area contributed by atoms with Gasteiger partial charge in [-0.1, -0.05) is 18.2 Å². The normalized spacial score (nSPS) is 10.2. The molecule has 0 aliphatic rings. The van der Waals surface area contributed by atoms with Gasteiger partial charge in [-0.3, -0.25) is 4.79 Å². The van der Waals surface area contributed by atoms with Gasteiger partial charge in [0.25, 0.3) is 5.91 Å². The van der Waals surface area contributed by atoms with Crippen molar-refractivity contribution in [3.05, 3.63) is 60.4 Å². The Morgan fingerprint density at radius 3 is 2.77 bits per heavy atom. The smallest absolute Gasteiger partial charge is 0.338 e. The van der Waals surface area contributed by atoms with Crippen molar-refractivity contribution in [1.29, 1.82) is 0 Å². The number of tetrazole rings is 1. The number of aromatic nitrogens is 4. The number of nitrogens with one attached hydrogen (secondary N) is 1. The minimum absolute atomic E-state index is 0.281. The van der Waals surface area contributed by atoms with E-state index < -0.39 is 18.5 Å². The summed E-state index contributed by atoms with van der Waals surface area (Å²) in [4.78, 5) is 24.2. The maximum absolute atomic E-state index is 12.2. The average Bonchev–Trinajstić information content (AvgIpc) is 3.21. The predicted octanol–water partition coefficient (Wildman–Crippen LogP) is 1.47. The third-order valence-corrected chi connectivity index (χ3v) is 3.41. The molecule has 1 amide bonds. The zero-order valence-corrected chi connectivity index (χ0v) is 13.8. The number of anilines is 1. The summed E-state index contributed by atoms with van der Waals surface area (Å²) in [6, 6.07) is 13.5. The molecule has 0 spiro atoms. The maximum atomic E-state index is 12.2. The van der Waals surface area contributed by atoms with Gasteiger partial charge in [-0.15, -0.1) is 5.10 Å². The van der Waals surface area contributed by atoms with E-state index in [2.05, 4.69) is 20.8 Å². The molecule has 2 aromatic carbocycles. The predicted molar refractivity (Wildman–Crippen MR) is 91.1 cm³/mol. The van der Waals surface area contributed by atoms with E-state index in [0.717, 1.165) is 0 Å². The van der Waals surface area contributed by atoms with Gasteiger partial charge in [-0.05, 0) is 40.8 Å². The largest absolute Gasteiger partial charge is 0.495 e. The van der Waals surface area contributed by atoms with Gasteiger partial charge in [-0.25, -0.2) is 9.48 Å². The molecule has 9 heteroatoms. The Labute approximate surface area is 148 Å². The number of benzene rings is 2. The van der Waals surface area contributed by atoms with Crippen LogP contribution in [0.1, 0.15) is 10.4 Å². The molecule has 132 valence electrons. The fourth-order valence-corrected chi connectivity index (χ4v) is 2.20. The monoisotopic (exact) mass is 353 g/mol. The molecule has 1 aromatic heterocycles. The number of hydrogen-bond acceptors (Lipinski definition) is 7.